The summed E-state index contributed by atoms with van der Waals surface area (Å²) in [5, 5.41) is 2.88. The molecule has 0 aliphatic rings. The summed E-state index contributed by atoms with van der Waals surface area (Å²) in [6.45, 7) is 1.84. The molecule has 0 aliphatic heterocycles. The van der Waals surface area contributed by atoms with Crippen LogP contribution in [0, 0.1) is 0 Å². The van der Waals surface area contributed by atoms with Gasteiger partial charge in [-0.3, -0.25) is 4.79 Å². The Labute approximate surface area is 125 Å². The molecule has 0 unspecified atom stereocenters. The summed E-state index contributed by atoms with van der Waals surface area (Å²) in [6.07, 6.45) is 2.04. The maximum Gasteiger partial charge on any atom is 0.220 e. The van der Waals surface area contributed by atoms with Crippen LogP contribution in [0.4, 0.5) is 0 Å². The van der Waals surface area contributed by atoms with Crippen LogP contribution in [-0.4, -0.2) is 38.7 Å². The molecule has 4 nitrogen and oxygen atoms in total. The third-order valence-corrected chi connectivity index (χ3v) is 2.96. The Morgan fingerprint density at radius 2 is 2.00 bits per heavy atom. The molecule has 0 aliphatic carbocycles. The quantitative estimate of drug-likeness (QED) is 0.533. The molecule has 0 radical (unpaired) electrons. The van der Waals surface area contributed by atoms with Gasteiger partial charge in [0.05, 0.1) is 13.7 Å². The lowest BCUT2D eigenvalue weighted by atomic mass is 10.1. The molecule has 0 saturated heterocycles. The largest absolute Gasteiger partial charge is 0.497 e. The zero-order valence-electron chi connectivity index (χ0n) is 11.9. The lowest BCUT2D eigenvalue weighted by Gasteiger charge is -2.06. The normalized spacial score (nSPS) is 10.3. The molecule has 0 atom stereocenters. The summed E-state index contributed by atoms with van der Waals surface area (Å²) >= 11 is 5.48. The zero-order chi connectivity index (χ0) is 14.6. The summed E-state index contributed by atoms with van der Waals surface area (Å²) in [4.78, 5) is 11.6. The topological polar surface area (TPSA) is 47.6 Å². The minimum Gasteiger partial charge on any atom is -0.497 e. The number of hydrogen-bond acceptors (Lipinski definition) is 3. The van der Waals surface area contributed by atoms with Crippen LogP contribution in [-0.2, 0) is 16.0 Å². The molecule has 1 aromatic rings. The minimum absolute atomic E-state index is 0.0677. The summed E-state index contributed by atoms with van der Waals surface area (Å²) in [7, 11) is 1.64. The Morgan fingerprint density at radius 3 is 2.65 bits per heavy atom. The van der Waals surface area contributed by atoms with Crippen molar-refractivity contribution in [3.63, 3.8) is 0 Å². The maximum absolute atomic E-state index is 11.6. The van der Waals surface area contributed by atoms with Gasteiger partial charge < -0.3 is 14.8 Å². The van der Waals surface area contributed by atoms with E-state index in [9.17, 15) is 4.79 Å². The first-order valence-corrected chi connectivity index (χ1v) is 7.33. The molecule has 0 fully saturated rings. The summed E-state index contributed by atoms with van der Waals surface area (Å²) in [5.41, 5.74) is 1.13. The van der Waals surface area contributed by atoms with Crippen molar-refractivity contribution >= 4 is 17.5 Å². The zero-order valence-corrected chi connectivity index (χ0v) is 12.6. The van der Waals surface area contributed by atoms with Crippen LogP contribution in [0.25, 0.3) is 0 Å². The van der Waals surface area contributed by atoms with Gasteiger partial charge in [0.25, 0.3) is 0 Å². The number of ether oxygens (including phenoxy) is 2. The van der Waals surface area contributed by atoms with Crippen LogP contribution < -0.4 is 10.1 Å². The van der Waals surface area contributed by atoms with E-state index in [0.717, 1.165) is 24.2 Å². The molecule has 0 spiro atoms. The third-order valence-electron chi connectivity index (χ3n) is 2.81. The summed E-state index contributed by atoms with van der Waals surface area (Å²) in [6, 6.07) is 7.77. The van der Waals surface area contributed by atoms with E-state index in [1.54, 1.807) is 7.11 Å². The highest BCUT2D eigenvalue weighted by molar-refractivity contribution is 6.17. The van der Waals surface area contributed by atoms with Gasteiger partial charge in [-0.2, -0.15) is 0 Å². The van der Waals surface area contributed by atoms with Crippen LogP contribution >= 0.6 is 11.6 Å². The van der Waals surface area contributed by atoms with E-state index in [1.807, 2.05) is 24.3 Å². The van der Waals surface area contributed by atoms with Crippen molar-refractivity contribution in [1.82, 2.24) is 5.32 Å². The number of alkyl halides is 1. The van der Waals surface area contributed by atoms with E-state index in [-0.39, 0.29) is 5.91 Å². The van der Waals surface area contributed by atoms with Gasteiger partial charge >= 0.3 is 0 Å². The molecular formula is C15H22ClNO3. The van der Waals surface area contributed by atoms with Gasteiger partial charge in [0.1, 0.15) is 5.75 Å². The Morgan fingerprint density at radius 1 is 1.25 bits per heavy atom. The number of benzene rings is 1. The Hall–Kier alpha value is -1.26. The molecule has 1 amide bonds. The number of nitrogens with one attached hydrogen (secondary N) is 1. The molecule has 5 heteroatoms. The molecule has 0 bridgehead atoms. The van der Waals surface area contributed by atoms with Gasteiger partial charge in [-0.05, 0) is 30.5 Å². The highest BCUT2D eigenvalue weighted by Crippen LogP contribution is 2.12. The fraction of sp³-hybridized carbons (Fsp3) is 0.533. The van der Waals surface area contributed by atoms with Gasteiger partial charge in [-0.1, -0.05) is 12.1 Å². The number of rotatable bonds is 10. The lowest BCUT2D eigenvalue weighted by Crippen LogP contribution is -2.25. The van der Waals surface area contributed by atoms with E-state index in [0.29, 0.717) is 32.1 Å². The maximum atomic E-state index is 11.6. The SMILES string of the molecule is COc1ccc(CCC(=O)NCCCOCCCl)cc1. The van der Waals surface area contributed by atoms with Crippen molar-refractivity contribution in [3.05, 3.63) is 29.8 Å². The number of carbonyl (C=O) groups excluding carboxylic acids is 1. The van der Waals surface area contributed by atoms with Gasteiger partial charge in [0.2, 0.25) is 5.91 Å². The standard InChI is InChI=1S/C15H22ClNO3/c1-19-14-6-3-13(4-7-14)5-8-15(18)17-10-2-11-20-12-9-16/h3-4,6-7H,2,5,8-12H2,1H3,(H,17,18). The van der Waals surface area contributed by atoms with Crippen molar-refractivity contribution < 1.29 is 14.3 Å². The molecule has 0 aromatic heterocycles. The van der Waals surface area contributed by atoms with Crippen LogP contribution in [0.2, 0.25) is 0 Å². The van der Waals surface area contributed by atoms with E-state index in [1.165, 1.54) is 0 Å². The van der Waals surface area contributed by atoms with E-state index in [2.05, 4.69) is 5.32 Å². The number of hydrogen-bond donors (Lipinski definition) is 1. The number of methoxy groups -OCH3 is 1. The smallest absolute Gasteiger partial charge is 0.220 e. The Bertz CT molecular complexity index is 381. The predicted octanol–water partition coefficient (Wildman–Crippen LogP) is 2.39. The van der Waals surface area contributed by atoms with Crippen LogP contribution in [0.5, 0.6) is 5.75 Å². The molecule has 1 aromatic carbocycles. The van der Waals surface area contributed by atoms with Crippen LogP contribution in [0.15, 0.2) is 24.3 Å². The van der Waals surface area contributed by atoms with Crippen LogP contribution in [0.1, 0.15) is 18.4 Å². The average molecular weight is 300 g/mol. The van der Waals surface area contributed by atoms with Crippen molar-refractivity contribution in [3.8, 4) is 5.75 Å². The van der Waals surface area contributed by atoms with Gasteiger partial charge in [-0.15, -0.1) is 11.6 Å². The molecule has 1 N–H and O–H groups in total. The first kappa shape index (κ1) is 16.8. The summed E-state index contributed by atoms with van der Waals surface area (Å²) < 4.78 is 10.3. The van der Waals surface area contributed by atoms with Crippen molar-refractivity contribution in [2.24, 2.45) is 0 Å². The second kappa shape index (κ2) is 10.5. The third kappa shape index (κ3) is 7.36. The average Bonchev–Trinajstić information content (AvgIpc) is 2.49. The monoisotopic (exact) mass is 299 g/mol. The predicted molar refractivity (Wildman–Crippen MR) is 80.5 cm³/mol. The first-order valence-electron chi connectivity index (χ1n) is 6.79. The highest BCUT2D eigenvalue weighted by Gasteiger charge is 2.02. The second-order valence-electron chi connectivity index (χ2n) is 4.35. The van der Waals surface area contributed by atoms with Gasteiger partial charge in [-0.25, -0.2) is 0 Å². The number of halogens is 1. The minimum atomic E-state index is 0.0677. The Balaban J connectivity index is 2.10. The van der Waals surface area contributed by atoms with E-state index in [4.69, 9.17) is 21.1 Å². The number of amides is 1. The second-order valence-corrected chi connectivity index (χ2v) is 4.73. The molecule has 20 heavy (non-hydrogen) atoms. The molecule has 1 rings (SSSR count). The molecular weight excluding hydrogens is 278 g/mol. The Kier molecular flexibility index (Phi) is 8.83. The molecule has 0 heterocycles. The van der Waals surface area contributed by atoms with Gasteiger partial charge in [0.15, 0.2) is 0 Å². The fourth-order valence-corrected chi connectivity index (χ4v) is 1.81. The fourth-order valence-electron chi connectivity index (χ4n) is 1.70. The lowest BCUT2D eigenvalue weighted by molar-refractivity contribution is -0.121. The van der Waals surface area contributed by atoms with Gasteiger partial charge in [0, 0.05) is 25.5 Å². The number of carbonyl (C=O) groups is 1. The molecule has 112 valence electrons. The van der Waals surface area contributed by atoms with E-state index >= 15 is 0 Å². The summed E-state index contributed by atoms with van der Waals surface area (Å²) in [5.74, 6) is 1.40. The van der Waals surface area contributed by atoms with E-state index < -0.39 is 0 Å². The van der Waals surface area contributed by atoms with Crippen molar-refractivity contribution in [1.29, 1.82) is 0 Å². The first-order chi connectivity index (χ1) is 9.76. The molecule has 0 saturated carbocycles. The highest BCUT2D eigenvalue weighted by atomic mass is 35.5. The van der Waals surface area contributed by atoms with Crippen molar-refractivity contribution in [2.45, 2.75) is 19.3 Å². The van der Waals surface area contributed by atoms with Crippen molar-refractivity contribution in [2.75, 3.05) is 32.7 Å². The van der Waals surface area contributed by atoms with Crippen LogP contribution in [0.3, 0.4) is 0 Å². The number of aryl methyl sites for hydroxylation is 1.